The Kier molecular flexibility index (Phi) is 10.4. The average Bonchev–Trinajstić information content (AvgIpc) is 2.71. The summed E-state index contributed by atoms with van der Waals surface area (Å²) in [6.07, 6.45) is -2.05. The van der Waals surface area contributed by atoms with E-state index >= 15 is 0 Å². The van der Waals surface area contributed by atoms with Crippen LogP contribution >= 0.6 is 0 Å². The van der Waals surface area contributed by atoms with Crippen molar-refractivity contribution in [2.75, 3.05) is 60.0 Å². The third-order valence-corrected chi connectivity index (χ3v) is 5.03. The van der Waals surface area contributed by atoms with Gasteiger partial charge in [-0.05, 0) is 37.6 Å². The van der Waals surface area contributed by atoms with Gasteiger partial charge in [0.15, 0.2) is 5.96 Å². The third-order valence-electron chi connectivity index (χ3n) is 5.03. The second-order valence-corrected chi connectivity index (χ2v) is 7.63. The molecule has 2 N–H and O–H groups in total. The molecule has 0 atom stereocenters. The van der Waals surface area contributed by atoms with E-state index in [2.05, 4.69) is 37.2 Å². The summed E-state index contributed by atoms with van der Waals surface area (Å²) in [5.41, 5.74) is 1.73. The fraction of sp³-hybridized carbons (Fsp3) is 0.667. The van der Waals surface area contributed by atoms with Crippen molar-refractivity contribution >= 4 is 5.96 Å². The number of unbranched alkanes of at least 4 members (excludes halogenated alkanes) is 1. The summed E-state index contributed by atoms with van der Waals surface area (Å²) in [7, 11) is 3.90. The summed E-state index contributed by atoms with van der Waals surface area (Å²) in [5, 5.41) is 6.58. The molecule has 0 aromatic heterocycles. The number of rotatable bonds is 10. The van der Waals surface area contributed by atoms with Crippen LogP contribution in [0.25, 0.3) is 0 Å². The van der Waals surface area contributed by atoms with Crippen LogP contribution in [0.2, 0.25) is 0 Å². The molecule has 0 aliphatic carbocycles. The smallest absolute Gasteiger partial charge is 0.367 e. The van der Waals surface area contributed by atoms with E-state index in [-0.39, 0.29) is 6.61 Å². The maximum Gasteiger partial charge on any atom is 0.411 e. The van der Waals surface area contributed by atoms with Gasteiger partial charge in [0.1, 0.15) is 6.61 Å². The van der Waals surface area contributed by atoms with E-state index in [1.165, 1.54) is 0 Å². The van der Waals surface area contributed by atoms with Crippen LogP contribution in [0.1, 0.15) is 24.0 Å². The van der Waals surface area contributed by atoms with E-state index in [1.54, 1.807) is 19.2 Å². The van der Waals surface area contributed by atoms with Gasteiger partial charge in [-0.1, -0.05) is 24.3 Å². The highest BCUT2D eigenvalue weighted by Crippen LogP contribution is 2.15. The second-order valence-electron chi connectivity index (χ2n) is 7.63. The number of alkyl halides is 3. The first kappa shape index (κ1) is 24.4. The van der Waals surface area contributed by atoms with Gasteiger partial charge >= 0.3 is 6.18 Å². The lowest BCUT2D eigenvalue weighted by atomic mass is 10.1. The molecule has 170 valence electrons. The number of benzene rings is 1. The fourth-order valence-electron chi connectivity index (χ4n) is 3.18. The first-order valence-electron chi connectivity index (χ1n) is 10.4. The monoisotopic (exact) mass is 429 g/mol. The zero-order valence-electron chi connectivity index (χ0n) is 18.0. The van der Waals surface area contributed by atoms with Gasteiger partial charge in [-0.15, -0.1) is 0 Å². The molecule has 0 spiro atoms. The summed E-state index contributed by atoms with van der Waals surface area (Å²) < 4.78 is 41.0. The summed E-state index contributed by atoms with van der Waals surface area (Å²) in [6.45, 7) is 5.92. The van der Waals surface area contributed by atoms with Gasteiger partial charge in [0.05, 0.1) is 6.61 Å². The van der Waals surface area contributed by atoms with E-state index < -0.39 is 12.8 Å². The lowest BCUT2D eigenvalue weighted by Gasteiger charge is -2.32. The Labute approximate surface area is 177 Å². The van der Waals surface area contributed by atoms with Crippen LogP contribution in [0.3, 0.4) is 0 Å². The molecule has 0 unspecified atom stereocenters. The predicted octanol–water partition coefficient (Wildman–Crippen LogP) is 2.46. The fourth-order valence-corrected chi connectivity index (χ4v) is 3.18. The maximum atomic E-state index is 12.1. The van der Waals surface area contributed by atoms with E-state index in [0.717, 1.165) is 63.6 Å². The van der Waals surface area contributed by atoms with Gasteiger partial charge in [0.2, 0.25) is 0 Å². The molecule has 1 heterocycles. The number of aliphatic imine (C=N–C) groups is 1. The number of halogens is 3. The zero-order chi connectivity index (χ0) is 21.8. The molecule has 1 aliphatic rings. The molecule has 1 aliphatic heterocycles. The number of hydrogen-bond acceptors (Lipinski definition) is 4. The van der Waals surface area contributed by atoms with E-state index in [1.807, 2.05) is 12.1 Å². The van der Waals surface area contributed by atoms with Crippen LogP contribution in [0, 0.1) is 0 Å². The summed E-state index contributed by atoms with van der Waals surface area (Å²) >= 11 is 0. The average molecular weight is 430 g/mol. The van der Waals surface area contributed by atoms with Crippen LogP contribution in [-0.2, 0) is 17.9 Å². The Hall–Kier alpha value is -1.84. The molecule has 1 saturated heterocycles. The molecule has 0 bridgehead atoms. The molecule has 0 radical (unpaired) electrons. The number of nitrogens with one attached hydrogen (secondary N) is 2. The van der Waals surface area contributed by atoms with Crippen molar-refractivity contribution in [1.82, 2.24) is 20.4 Å². The molecule has 0 amide bonds. The van der Waals surface area contributed by atoms with Crippen molar-refractivity contribution < 1.29 is 17.9 Å². The van der Waals surface area contributed by atoms with Gasteiger partial charge in [0, 0.05) is 46.3 Å². The van der Waals surface area contributed by atoms with Gasteiger partial charge in [-0.3, -0.25) is 4.99 Å². The van der Waals surface area contributed by atoms with Crippen molar-refractivity contribution in [3.63, 3.8) is 0 Å². The second kappa shape index (κ2) is 12.8. The lowest BCUT2D eigenvalue weighted by Crippen LogP contribution is -2.44. The number of hydrogen-bond donors (Lipinski definition) is 2. The summed E-state index contributed by atoms with van der Waals surface area (Å²) in [4.78, 5) is 9.11. The van der Waals surface area contributed by atoms with Crippen molar-refractivity contribution in [2.45, 2.75) is 32.2 Å². The highest BCUT2D eigenvalue weighted by Gasteiger charge is 2.27. The number of ether oxygens (including phenoxy) is 1. The van der Waals surface area contributed by atoms with Crippen molar-refractivity contribution in [3.8, 4) is 0 Å². The van der Waals surface area contributed by atoms with Crippen LogP contribution < -0.4 is 10.6 Å². The number of likely N-dealkylation sites (N-methyl/N-ethyl adjacent to an activating group) is 1. The minimum atomic E-state index is -4.29. The largest absolute Gasteiger partial charge is 0.411 e. The lowest BCUT2D eigenvalue weighted by molar-refractivity contribution is -0.176. The zero-order valence-corrected chi connectivity index (χ0v) is 18.0. The molecule has 0 saturated carbocycles. The normalized spacial score (nSPS) is 16.6. The van der Waals surface area contributed by atoms with Gasteiger partial charge in [0.25, 0.3) is 0 Å². The molecular weight excluding hydrogens is 395 g/mol. The van der Waals surface area contributed by atoms with Crippen LogP contribution in [0.5, 0.6) is 0 Å². The Morgan fingerprint density at radius 3 is 2.33 bits per heavy atom. The first-order valence-corrected chi connectivity index (χ1v) is 10.4. The highest BCUT2D eigenvalue weighted by molar-refractivity contribution is 5.79. The molecular formula is C21H34F3N5O. The van der Waals surface area contributed by atoms with Gasteiger partial charge in [-0.2, -0.15) is 13.2 Å². The summed E-state index contributed by atoms with van der Waals surface area (Å²) in [5.74, 6) is 0.743. The quantitative estimate of drug-likeness (QED) is 0.340. The highest BCUT2D eigenvalue weighted by atomic mass is 19.4. The number of piperazine rings is 1. The summed E-state index contributed by atoms with van der Waals surface area (Å²) in [6, 6.07) is 7.31. The van der Waals surface area contributed by atoms with E-state index in [9.17, 15) is 13.2 Å². The topological polar surface area (TPSA) is 52.1 Å². The molecule has 2 rings (SSSR count). The van der Waals surface area contributed by atoms with Gasteiger partial charge in [-0.25, -0.2) is 0 Å². The Balaban J connectivity index is 1.58. The molecule has 1 aromatic rings. The van der Waals surface area contributed by atoms with Crippen molar-refractivity contribution in [1.29, 1.82) is 0 Å². The third kappa shape index (κ3) is 10.3. The standard InChI is InChI=1S/C21H34F3N5O/c1-25-20(26-9-3-4-10-29-13-11-28(2)12-14-29)27-15-18-5-7-19(8-6-18)16-30-17-21(22,23)24/h5-8H,3-4,9-17H2,1-2H3,(H2,25,26,27). The maximum absolute atomic E-state index is 12.1. The van der Waals surface area contributed by atoms with E-state index in [0.29, 0.717) is 12.1 Å². The van der Waals surface area contributed by atoms with Crippen LogP contribution in [0.4, 0.5) is 13.2 Å². The minimum absolute atomic E-state index is 0.0510. The minimum Gasteiger partial charge on any atom is -0.367 e. The Morgan fingerprint density at radius 2 is 1.70 bits per heavy atom. The molecule has 1 aromatic carbocycles. The number of guanidine groups is 1. The predicted molar refractivity (Wildman–Crippen MR) is 114 cm³/mol. The first-order chi connectivity index (χ1) is 14.4. The molecule has 1 fully saturated rings. The van der Waals surface area contributed by atoms with Crippen LogP contribution in [0.15, 0.2) is 29.3 Å². The molecule has 9 heteroatoms. The SMILES string of the molecule is CN=C(NCCCCN1CCN(C)CC1)NCc1ccc(COCC(F)(F)F)cc1. The number of nitrogens with zero attached hydrogens (tertiary/aromatic N) is 3. The molecule has 30 heavy (non-hydrogen) atoms. The Bertz CT molecular complexity index is 629. The van der Waals surface area contributed by atoms with Gasteiger partial charge < -0.3 is 25.2 Å². The molecule has 6 nitrogen and oxygen atoms in total. The van der Waals surface area contributed by atoms with Crippen molar-refractivity contribution in [2.24, 2.45) is 4.99 Å². The van der Waals surface area contributed by atoms with Crippen molar-refractivity contribution in [3.05, 3.63) is 35.4 Å². The van der Waals surface area contributed by atoms with Crippen LogP contribution in [-0.4, -0.2) is 81.9 Å². The van der Waals surface area contributed by atoms with E-state index in [4.69, 9.17) is 0 Å². The Morgan fingerprint density at radius 1 is 1.03 bits per heavy atom.